The molecular formula is C15H14ClN. The second-order valence-corrected chi connectivity index (χ2v) is 4.12. The first kappa shape index (κ1) is 11.9. The van der Waals surface area contributed by atoms with Crippen molar-refractivity contribution in [3.63, 3.8) is 0 Å². The van der Waals surface area contributed by atoms with E-state index in [1.807, 2.05) is 50.3 Å². The minimum absolute atomic E-state index is 0.557. The molecule has 0 spiro atoms. The Morgan fingerprint density at radius 3 is 2.71 bits per heavy atom. The zero-order chi connectivity index (χ0) is 12.3. The molecule has 17 heavy (non-hydrogen) atoms. The summed E-state index contributed by atoms with van der Waals surface area (Å²) >= 11 is 6.20. The number of halogens is 1. The highest BCUT2D eigenvalue weighted by Crippen LogP contribution is 2.25. The van der Waals surface area contributed by atoms with Crippen molar-refractivity contribution in [3.05, 3.63) is 59.4 Å². The highest BCUT2D eigenvalue weighted by Gasteiger charge is 2.05. The molecule has 0 atom stereocenters. The highest BCUT2D eigenvalue weighted by atomic mass is 35.5. The molecule has 0 saturated heterocycles. The summed E-state index contributed by atoms with van der Waals surface area (Å²) in [5.41, 5.74) is 1.99. The van der Waals surface area contributed by atoms with Crippen LogP contribution < -0.4 is 0 Å². The van der Waals surface area contributed by atoms with Crippen molar-refractivity contribution >= 4 is 27.9 Å². The maximum atomic E-state index is 6.20. The molecule has 0 aliphatic heterocycles. The van der Waals surface area contributed by atoms with Crippen molar-refractivity contribution in [2.45, 2.75) is 13.8 Å². The minimum atomic E-state index is 0.557. The molecule has 1 aromatic heterocycles. The molecule has 0 amide bonds. The fraction of sp³-hybridized carbons (Fsp3) is 0.133. The van der Waals surface area contributed by atoms with Crippen LogP contribution in [0.25, 0.3) is 16.3 Å². The lowest BCUT2D eigenvalue weighted by Gasteiger charge is -2.05. The summed E-state index contributed by atoms with van der Waals surface area (Å²) in [6, 6.07) is 10.1. The van der Waals surface area contributed by atoms with Gasteiger partial charge in [0.2, 0.25) is 0 Å². The lowest BCUT2D eigenvalue weighted by atomic mass is 10.1. The number of benzene rings is 1. The maximum absolute atomic E-state index is 6.20. The van der Waals surface area contributed by atoms with Crippen molar-refractivity contribution in [1.29, 1.82) is 0 Å². The third-order valence-electron chi connectivity index (χ3n) is 2.65. The van der Waals surface area contributed by atoms with Gasteiger partial charge in [0.1, 0.15) is 5.15 Å². The molecule has 0 radical (unpaired) electrons. The monoisotopic (exact) mass is 243 g/mol. The maximum Gasteiger partial charge on any atom is 0.137 e. The molecule has 0 saturated carbocycles. The van der Waals surface area contributed by atoms with Gasteiger partial charge in [-0.2, -0.15) is 0 Å². The average molecular weight is 244 g/mol. The Hall–Kier alpha value is -1.60. The van der Waals surface area contributed by atoms with Gasteiger partial charge in [0, 0.05) is 5.39 Å². The smallest absolute Gasteiger partial charge is 0.137 e. The summed E-state index contributed by atoms with van der Waals surface area (Å²) in [5.74, 6) is 0. The van der Waals surface area contributed by atoms with Crippen molar-refractivity contribution in [1.82, 2.24) is 4.98 Å². The highest BCUT2D eigenvalue weighted by molar-refractivity contribution is 6.34. The van der Waals surface area contributed by atoms with E-state index in [1.54, 1.807) is 0 Å². The van der Waals surface area contributed by atoms with Crippen molar-refractivity contribution in [2.75, 3.05) is 0 Å². The van der Waals surface area contributed by atoms with Crippen LogP contribution in [0.1, 0.15) is 19.5 Å². The average Bonchev–Trinajstić information content (AvgIpc) is 2.36. The Morgan fingerprint density at radius 2 is 2.00 bits per heavy atom. The van der Waals surface area contributed by atoms with E-state index in [9.17, 15) is 0 Å². The Morgan fingerprint density at radius 1 is 1.24 bits per heavy atom. The van der Waals surface area contributed by atoms with Crippen LogP contribution in [-0.2, 0) is 0 Å². The van der Waals surface area contributed by atoms with Crippen LogP contribution in [0.15, 0.2) is 48.6 Å². The van der Waals surface area contributed by atoms with Gasteiger partial charge in [0.05, 0.1) is 5.69 Å². The molecule has 1 nitrogen and oxygen atoms in total. The number of allylic oxidation sites excluding steroid dienone is 4. The predicted octanol–water partition coefficient (Wildman–Crippen LogP) is 4.87. The molecule has 0 bridgehead atoms. The van der Waals surface area contributed by atoms with Crippen LogP contribution in [0.5, 0.6) is 0 Å². The van der Waals surface area contributed by atoms with Gasteiger partial charge in [-0.25, -0.2) is 4.98 Å². The molecule has 0 unspecified atom stereocenters. The summed E-state index contributed by atoms with van der Waals surface area (Å²) < 4.78 is 0. The van der Waals surface area contributed by atoms with E-state index in [0.29, 0.717) is 5.15 Å². The van der Waals surface area contributed by atoms with E-state index in [4.69, 9.17) is 11.6 Å². The van der Waals surface area contributed by atoms with E-state index >= 15 is 0 Å². The Bertz CT molecular complexity index is 597. The standard InChI is InChI=1S/C15H14ClN/c1-3-7-11(4-2)14-10-12-8-5-6-9-13(12)15(16)17-14/h3-10H,1-2H3/b7-3-,11-4+. The molecule has 1 heterocycles. The molecule has 0 fully saturated rings. The Labute approximate surface area is 106 Å². The zero-order valence-electron chi connectivity index (χ0n) is 9.94. The SMILES string of the molecule is C/C=C\C(=C/C)c1cc2ccccc2c(Cl)n1. The summed E-state index contributed by atoms with van der Waals surface area (Å²) in [7, 11) is 0. The summed E-state index contributed by atoms with van der Waals surface area (Å²) in [5, 5.41) is 2.67. The Balaban J connectivity index is 2.65. The van der Waals surface area contributed by atoms with Crippen LogP contribution in [0, 0.1) is 0 Å². The van der Waals surface area contributed by atoms with Gasteiger partial charge < -0.3 is 0 Å². The fourth-order valence-electron chi connectivity index (χ4n) is 1.81. The molecular weight excluding hydrogens is 230 g/mol. The van der Waals surface area contributed by atoms with E-state index in [1.165, 1.54) is 0 Å². The van der Waals surface area contributed by atoms with Crippen LogP contribution in [0.4, 0.5) is 0 Å². The number of fused-ring (bicyclic) bond motifs is 1. The number of hydrogen-bond donors (Lipinski definition) is 0. The normalized spacial score (nSPS) is 12.5. The van der Waals surface area contributed by atoms with Crippen LogP contribution in [-0.4, -0.2) is 4.98 Å². The minimum Gasteiger partial charge on any atom is -0.235 e. The lowest BCUT2D eigenvalue weighted by Crippen LogP contribution is -1.89. The molecule has 1 aromatic carbocycles. The first-order chi connectivity index (χ1) is 8.26. The van der Waals surface area contributed by atoms with E-state index in [0.717, 1.165) is 22.0 Å². The van der Waals surface area contributed by atoms with Gasteiger partial charge in [-0.15, -0.1) is 0 Å². The zero-order valence-corrected chi connectivity index (χ0v) is 10.7. The lowest BCUT2D eigenvalue weighted by molar-refractivity contribution is 1.30. The van der Waals surface area contributed by atoms with Crippen LogP contribution >= 0.6 is 11.6 Å². The summed E-state index contributed by atoms with van der Waals surface area (Å²) in [4.78, 5) is 4.44. The number of nitrogens with zero attached hydrogens (tertiary/aromatic N) is 1. The fourth-order valence-corrected chi connectivity index (χ4v) is 2.08. The molecule has 2 heteroatoms. The number of pyridine rings is 1. The van der Waals surface area contributed by atoms with Crippen molar-refractivity contribution in [2.24, 2.45) is 0 Å². The number of rotatable bonds is 2. The molecule has 2 aromatic rings. The first-order valence-corrected chi connectivity index (χ1v) is 5.98. The predicted molar refractivity (Wildman–Crippen MR) is 75.2 cm³/mol. The number of aromatic nitrogens is 1. The third-order valence-corrected chi connectivity index (χ3v) is 2.93. The molecule has 0 aliphatic carbocycles. The largest absolute Gasteiger partial charge is 0.235 e. The van der Waals surface area contributed by atoms with E-state index in [-0.39, 0.29) is 0 Å². The topological polar surface area (TPSA) is 12.9 Å². The van der Waals surface area contributed by atoms with Gasteiger partial charge in [-0.1, -0.05) is 54.1 Å². The first-order valence-electron chi connectivity index (χ1n) is 5.61. The van der Waals surface area contributed by atoms with Crippen LogP contribution in [0.3, 0.4) is 0 Å². The van der Waals surface area contributed by atoms with Crippen molar-refractivity contribution in [3.8, 4) is 0 Å². The third kappa shape index (κ3) is 2.40. The quantitative estimate of drug-likeness (QED) is 0.542. The van der Waals surface area contributed by atoms with Crippen LogP contribution in [0.2, 0.25) is 5.15 Å². The van der Waals surface area contributed by atoms with Gasteiger partial charge in [-0.3, -0.25) is 0 Å². The van der Waals surface area contributed by atoms with E-state index in [2.05, 4.69) is 17.1 Å². The molecule has 0 aliphatic rings. The summed E-state index contributed by atoms with van der Waals surface area (Å²) in [6.45, 7) is 3.99. The van der Waals surface area contributed by atoms with Gasteiger partial charge in [0.25, 0.3) is 0 Å². The van der Waals surface area contributed by atoms with Gasteiger partial charge in [0.15, 0.2) is 0 Å². The second kappa shape index (κ2) is 5.15. The number of hydrogen-bond acceptors (Lipinski definition) is 1. The van der Waals surface area contributed by atoms with Gasteiger partial charge >= 0.3 is 0 Å². The van der Waals surface area contributed by atoms with E-state index < -0.39 is 0 Å². The molecule has 2 rings (SSSR count). The van der Waals surface area contributed by atoms with Gasteiger partial charge in [-0.05, 0) is 30.9 Å². The van der Waals surface area contributed by atoms with Crippen molar-refractivity contribution < 1.29 is 0 Å². The molecule has 86 valence electrons. The summed E-state index contributed by atoms with van der Waals surface area (Å²) in [6.07, 6.45) is 6.07. The second-order valence-electron chi connectivity index (χ2n) is 3.76. The molecule has 0 N–H and O–H groups in total. The Kier molecular flexibility index (Phi) is 3.60.